The summed E-state index contributed by atoms with van der Waals surface area (Å²) in [7, 11) is 0. The van der Waals surface area contributed by atoms with E-state index in [1.807, 2.05) is 19.9 Å². The van der Waals surface area contributed by atoms with Crippen molar-refractivity contribution in [2.75, 3.05) is 5.32 Å². The van der Waals surface area contributed by atoms with E-state index in [2.05, 4.69) is 15.5 Å². The highest BCUT2D eigenvalue weighted by Gasteiger charge is 2.09. The second kappa shape index (κ2) is 4.59. The van der Waals surface area contributed by atoms with Crippen LogP contribution in [-0.4, -0.2) is 16.1 Å². The van der Waals surface area contributed by atoms with Gasteiger partial charge in [-0.1, -0.05) is 17.7 Å². The van der Waals surface area contributed by atoms with E-state index >= 15 is 0 Å². The van der Waals surface area contributed by atoms with Gasteiger partial charge in [0.05, 0.1) is 0 Å². The Morgan fingerprint density at radius 1 is 1.35 bits per heavy atom. The maximum atomic E-state index is 11.9. The fourth-order valence-corrected chi connectivity index (χ4v) is 1.59. The molecule has 88 valence electrons. The van der Waals surface area contributed by atoms with Crippen LogP contribution in [0.2, 0.25) is 5.02 Å². The van der Waals surface area contributed by atoms with Crippen LogP contribution in [0, 0.1) is 13.8 Å². The largest absolute Gasteiger partial charge is 0.305 e. The van der Waals surface area contributed by atoms with Crippen molar-refractivity contribution < 1.29 is 4.79 Å². The Labute approximate surface area is 104 Å². The Bertz CT molecular complexity index is 563. The smallest absolute Gasteiger partial charge is 0.256 e. The fourth-order valence-electron chi connectivity index (χ4n) is 1.40. The number of hydrogen-bond donors (Lipinski definition) is 2. The molecular formula is C12H12ClN3O. The SMILES string of the molecule is Cc1cc(NC(=O)c2ccc(C)c(Cl)c2)n[nH]1. The van der Waals surface area contributed by atoms with Crippen LogP contribution in [0.25, 0.3) is 0 Å². The van der Waals surface area contributed by atoms with Crippen molar-refractivity contribution in [1.82, 2.24) is 10.2 Å². The first-order valence-electron chi connectivity index (χ1n) is 5.16. The summed E-state index contributed by atoms with van der Waals surface area (Å²) in [5.74, 6) is 0.280. The first-order valence-corrected chi connectivity index (χ1v) is 5.53. The highest BCUT2D eigenvalue weighted by molar-refractivity contribution is 6.31. The average molecular weight is 250 g/mol. The van der Waals surface area contributed by atoms with Crippen LogP contribution < -0.4 is 5.32 Å². The zero-order valence-electron chi connectivity index (χ0n) is 9.54. The number of H-pyrrole nitrogens is 1. The molecule has 0 bridgehead atoms. The monoisotopic (exact) mass is 249 g/mol. The van der Waals surface area contributed by atoms with Crippen molar-refractivity contribution >= 4 is 23.3 Å². The Balaban J connectivity index is 2.17. The molecule has 1 aromatic carbocycles. The number of halogens is 1. The van der Waals surface area contributed by atoms with Gasteiger partial charge in [-0.15, -0.1) is 0 Å². The van der Waals surface area contributed by atoms with Gasteiger partial charge in [-0.25, -0.2) is 0 Å². The summed E-state index contributed by atoms with van der Waals surface area (Å²) in [5, 5.41) is 9.95. The number of aryl methyl sites for hydroxylation is 2. The molecule has 0 aliphatic heterocycles. The zero-order chi connectivity index (χ0) is 12.4. The first kappa shape index (κ1) is 11.7. The molecule has 1 aromatic heterocycles. The number of benzene rings is 1. The van der Waals surface area contributed by atoms with Crippen LogP contribution in [0.3, 0.4) is 0 Å². The first-order chi connectivity index (χ1) is 8.06. The van der Waals surface area contributed by atoms with E-state index in [1.54, 1.807) is 18.2 Å². The van der Waals surface area contributed by atoms with Crippen molar-refractivity contribution in [1.29, 1.82) is 0 Å². The number of aromatic nitrogens is 2. The Hall–Kier alpha value is -1.81. The second-order valence-corrected chi connectivity index (χ2v) is 4.26. The van der Waals surface area contributed by atoms with Gasteiger partial charge in [0, 0.05) is 22.3 Å². The summed E-state index contributed by atoms with van der Waals surface area (Å²) >= 11 is 5.96. The maximum absolute atomic E-state index is 11.9. The zero-order valence-corrected chi connectivity index (χ0v) is 10.3. The predicted octanol–water partition coefficient (Wildman–Crippen LogP) is 2.93. The summed E-state index contributed by atoms with van der Waals surface area (Å²) in [6, 6.07) is 6.95. The van der Waals surface area contributed by atoms with Gasteiger partial charge < -0.3 is 5.32 Å². The Kier molecular flexibility index (Phi) is 3.15. The lowest BCUT2D eigenvalue weighted by atomic mass is 10.1. The number of carbonyl (C=O) groups is 1. The van der Waals surface area contributed by atoms with E-state index in [-0.39, 0.29) is 5.91 Å². The molecule has 4 nitrogen and oxygen atoms in total. The minimum atomic E-state index is -0.224. The third kappa shape index (κ3) is 2.65. The summed E-state index contributed by atoms with van der Waals surface area (Å²) in [6.07, 6.45) is 0. The molecule has 2 rings (SSSR count). The summed E-state index contributed by atoms with van der Waals surface area (Å²) in [4.78, 5) is 11.9. The molecule has 1 heterocycles. The third-order valence-corrected chi connectivity index (χ3v) is 2.79. The number of rotatable bonds is 2. The van der Waals surface area contributed by atoms with Crippen LogP contribution in [0.1, 0.15) is 21.6 Å². The van der Waals surface area contributed by atoms with Gasteiger partial charge in [0.15, 0.2) is 5.82 Å². The van der Waals surface area contributed by atoms with Gasteiger partial charge in [0.25, 0.3) is 5.91 Å². The normalized spacial score (nSPS) is 10.3. The molecule has 0 unspecified atom stereocenters. The topological polar surface area (TPSA) is 57.8 Å². The lowest BCUT2D eigenvalue weighted by Gasteiger charge is -2.03. The molecule has 0 saturated heterocycles. The highest BCUT2D eigenvalue weighted by atomic mass is 35.5. The Morgan fingerprint density at radius 3 is 2.71 bits per heavy atom. The number of aromatic amines is 1. The number of amides is 1. The molecule has 2 aromatic rings. The predicted molar refractivity (Wildman–Crippen MR) is 67.5 cm³/mol. The molecular weight excluding hydrogens is 238 g/mol. The lowest BCUT2D eigenvalue weighted by Crippen LogP contribution is -2.12. The van der Waals surface area contributed by atoms with Crippen LogP contribution in [0.5, 0.6) is 0 Å². The molecule has 0 spiro atoms. The van der Waals surface area contributed by atoms with Crippen molar-refractivity contribution in [3.8, 4) is 0 Å². The van der Waals surface area contributed by atoms with E-state index in [4.69, 9.17) is 11.6 Å². The third-order valence-electron chi connectivity index (χ3n) is 2.38. The highest BCUT2D eigenvalue weighted by Crippen LogP contribution is 2.17. The van der Waals surface area contributed by atoms with Crippen molar-refractivity contribution in [3.05, 3.63) is 46.1 Å². The summed E-state index contributed by atoms with van der Waals surface area (Å²) in [5.41, 5.74) is 2.35. The molecule has 0 aliphatic rings. The maximum Gasteiger partial charge on any atom is 0.256 e. The van der Waals surface area contributed by atoms with Crippen molar-refractivity contribution in [3.63, 3.8) is 0 Å². The van der Waals surface area contributed by atoms with Crippen LogP contribution in [0.4, 0.5) is 5.82 Å². The molecule has 0 fully saturated rings. The van der Waals surface area contributed by atoms with E-state index < -0.39 is 0 Å². The Morgan fingerprint density at radius 2 is 2.12 bits per heavy atom. The van der Waals surface area contributed by atoms with E-state index in [1.165, 1.54) is 0 Å². The van der Waals surface area contributed by atoms with Crippen LogP contribution >= 0.6 is 11.6 Å². The van der Waals surface area contributed by atoms with Crippen LogP contribution in [-0.2, 0) is 0 Å². The lowest BCUT2D eigenvalue weighted by molar-refractivity contribution is 0.102. The number of nitrogens with one attached hydrogen (secondary N) is 2. The second-order valence-electron chi connectivity index (χ2n) is 3.85. The molecule has 0 saturated carbocycles. The average Bonchev–Trinajstić information content (AvgIpc) is 2.68. The minimum Gasteiger partial charge on any atom is -0.305 e. The molecule has 0 atom stereocenters. The van der Waals surface area contributed by atoms with Gasteiger partial charge in [0.1, 0.15) is 0 Å². The molecule has 0 aliphatic carbocycles. The van der Waals surface area contributed by atoms with Gasteiger partial charge in [0.2, 0.25) is 0 Å². The number of nitrogens with zero attached hydrogens (tertiary/aromatic N) is 1. The van der Waals surface area contributed by atoms with Crippen molar-refractivity contribution in [2.24, 2.45) is 0 Å². The standard InChI is InChI=1S/C12H12ClN3O/c1-7-3-4-9(6-10(7)13)12(17)14-11-5-8(2)15-16-11/h3-6H,1-2H3,(H2,14,15,16,17). The van der Waals surface area contributed by atoms with Crippen LogP contribution in [0.15, 0.2) is 24.3 Å². The molecule has 0 radical (unpaired) electrons. The number of carbonyl (C=O) groups excluding carboxylic acids is 1. The van der Waals surface area contributed by atoms with E-state index in [0.29, 0.717) is 16.4 Å². The molecule has 17 heavy (non-hydrogen) atoms. The quantitative estimate of drug-likeness (QED) is 0.860. The summed E-state index contributed by atoms with van der Waals surface area (Å²) in [6.45, 7) is 3.76. The van der Waals surface area contributed by atoms with Gasteiger partial charge in [-0.05, 0) is 31.5 Å². The van der Waals surface area contributed by atoms with Gasteiger partial charge >= 0.3 is 0 Å². The van der Waals surface area contributed by atoms with Gasteiger partial charge in [-0.3, -0.25) is 9.89 Å². The summed E-state index contributed by atoms with van der Waals surface area (Å²) < 4.78 is 0. The van der Waals surface area contributed by atoms with Crippen molar-refractivity contribution in [2.45, 2.75) is 13.8 Å². The molecule has 5 heteroatoms. The molecule has 1 amide bonds. The fraction of sp³-hybridized carbons (Fsp3) is 0.167. The number of anilines is 1. The molecule has 2 N–H and O–H groups in total. The number of hydrogen-bond acceptors (Lipinski definition) is 2. The minimum absolute atomic E-state index is 0.224. The van der Waals surface area contributed by atoms with Gasteiger partial charge in [-0.2, -0.15) is 5.10 Å². The van der Waals surface area contributed by atoms with E-state index in [9.17, 15) is 4.79 Å². The van der Waals surface area contributed by atoms with E-state index in [0.717, 1.165) is 11.3 Å².